The quantitative estimate of drug-likeness (QED) is 0.925. The predicted octanol–water partition coefficient (Wildman–Crippen LogP) is 3.21. The summed E-state index contributed by atoms with van der Waals surface area (Å²) in [7, 11) is 0. The van der Waals surface area contributed by atoms with Crippen molar-refractivity contribution >= 4 is 0 Å². The van der Waals surface area contributed by atoms with Crippen molar-refractivity contribution in [3.05, 3.63) is 35.9 Å². The Balaban J connectivity index is 2.00. The smallest absolute Gasteiger partial charge is 0.0760 e. The largest absolute Gasteiger partial charge is 0.367 e. The number of nitrogens with two attached hydrogens (primary N) is 1. The van der Waals surface area contributed by atoms with Crippen molar-refractivity contribution < 1.29 is 4.74 Å². The maximum Gasteiger partial charge on any atom is 0.0760 e. The molecule has 0 aromatic heterocycles. The van der Waals surface area contributed by atoms with Crippen LogP contribution in [-0.2, 0) is 4.74 Å². The maximum atomic E-state index is 6.43. The highest BCUT2D eigenvalue weighted by atomic mass is 16.5. The summed E-state index contributed by atoms with van der Waals surface area (Å²) in [5.41, 5.74) is 7.45. The molecule has 118 valence electrons. The minimum atomic E-state index is -0.0989. The summed E-state index contributed by atoms with van der Waals surface area (Å²) >= 11 is 0. The van der Waals surface area contributed by atoms with Crippen LogP contribution in [0.25, 0.3) is 0 Å². The molecule has 2 atom stereocenters. The van der Waals surface area contributed by atoms with E-state index in [1.807, 2.05) is 6.07 Å². The summed E-state index contributed by atoms with van der Waals surface area (Å²) in [5.74, 6) is 0.414. The SMILES string of the molecule is CC(CN1CC(C)(C)OC(C)(C)C1)C(N)c1ccccc1. The molecule has 3 heteroatoms. The van der Waals surface area contributed by atoms with Crippen molar-refractivity contribution in [1.82, 2.24) is 4.90 Å². The van der Waals surface area contributed by atoms with Gasteiger partial charge >= 0.3 is 0 Å². The van der Waals surface area contributed by atoms with Gasteiger partial charge in [0.1, 0.15) is 0 Å². The first-order valence-corrected chi connectivity index (χ1v) is 7.92. The highest BCUT2D eigenvalue weighted by molar-refractivity contribution is 5.19. The Labute approximate surface area is 129 Å². The molecule has 3 nitrogen and oxygen atoms in total. The Hall–Kier alpha value is -0.900. The number of rotatable bonds is 4. The molecule has 1 heterocycles. The molecule has 2 rings (SSSR count). The number of benzene rings is 1. The molecule has 0 radical (unpaired) electrons. The number of morpholine rings is 1. The normalized spacial score (nSPS) is 24.5. The second kappa shape index (κ2) is 6.07. The van der Waals surface area contributed by atoms with Gasteiger partial charge in [-0.15, -0.1) is 0 Å². The highest BCUT2D eigenvalue weighted by Gasteiger charge is 2.38. The van der Waals surface area contributed by atoms with E-state index < -0.39 is 0 Å². The van der Waals surface area contributed by atoms with E-state index in [1.54, 1.807) is 0 Å². The van der Waals surface area contributed by atoms with Crippen LogP contribution in [0.5, 0.6) is 0 Å². The van der Waals surface area contributed by atoms with E-state index >= 15 is 0 Å². The summed E-state index contributed by atoms with van der Waals surface area (Å²) in [6.45, 7) is 13.8. The fourth-order valence-electron chi connectivity index (χ4n) is 3.60. The molecule has 2 N–H and O–H groups in total. The van der Waals surface area contributed by atoms with E-state index in [2.05, 4.69) is 63.8 Å². The third kappa shape index (κ3) is 4.53. The first-order valence-electron chi connectivity index (χ1n) is 7.92. The van der Waals surface area contributed by atoms with Gasteiger partial charge in [-0.3, -0.25) is 4.90 Å². The third-order valence-electron chi connectivity index (χ3n) is 4.11. The van der Waals surface area contributed by atoms with Crippen LogP contribution < -0.4 is 5.73 Å². The zero-order valence-corrected chi connectivity index (χ0v) is 14.1. The molecule has 1 saturated heterocycles. The topological polar surface area (TPSA) is 38.5 Å². The van der Waals surface area contributed by atoms with Crippen molar-refractivity contribution in [3.8, 4) is 0 Å². The first-order chi connectivity index (χ1) is 9.69. The van der Waals surface area contributed by atoms with Crippen molar-refractivity contribution in [3.63, 3.8) is 0 Å². The number of ether oxygens (including phenoxy) is 1. The van der Waals surface area contributed by atoms with Crippen molar-refractivity contribution in [2.24, 2.45) is 11.7 Å². The van der Waals surface area contributed by atoms with Gasteiger partial charge in [-0.05, 0) is 39.2 Å². The van der Waals surface area contributed by atoms with Gasteiger partial charge in [0.25, 0.3) is 0 Å². The van der Waals surface area contributed by atoms with Crippen LogP contribution in [0, 0.1) is 5.92 Å². The van der Waals surface area contributed by atoms with E-state index in [9.17, 15) is 0 Å². The lowest BCUT2D eigenvalue weighted by molar-refractivity contribution is -0.182. The van der Waals surface area contributed by atoms with Crippen LogP contribution in [0.2, 0.25) is 0 Å². The minimum absolute atomic E-state index is 0.0836. The van der Waals surface area contributed by atoms with E-state index in [-0.39, 0.29) is 17.2 Å². The minimum Gasteiger partial charge on any atom is -0.367 e. The monoisotopic (exact) mass is 290 g/mol. The summed E-state index contributed by atoms with van der Waals surface area (Å²) in [4.78, 5) is 2.50. The van der Waals surface area contributed by atoms with Crippen LogP contribution >= 0.6 is 0 Å². The number of hydrogen-bond acceptors (Lipinski definition) is 3. The summed E-state index contributed by atoms with van der Waals surface area (Å²) in [6.07, 6.45) is 0. The zero-order chi connectivity index (χ0) is 15.7. The molecule has 0 aliphatic carbocycles. The molecule has 0 spiro atoms. The van der Waals surface area contributed by atoms with Crippen LogP contribution in [0.3, 0.4) is 0 Å². The van der Waals surface area contributed by atoms with Crippen LogP contribution in [-0.4, -0.2) is 35.7 Å². The van der Waals surface area contributed by atoms with Crippen molar-refractivity contribution in [2.45, 2.75) is 51.9 Å². The summed E-state index contributed by atoms with van der Waals surface area (Å²) in [6, 6.07) is 10.5. The van der Waals surface area contributed by atoms with Crippen LogP contribution in [0.4, 0.5) is 0 Å². The zero-order valence-electron chi connectivity index (χ0n) is 14.1. The van der Waals surface area contributed by atoms with Gasteiger partial charge in [-0.25, -0.2) is 0 Å². The van der Waals surface area contributed by atoms with Crippen LogP contribution in [0.15, 0.2) is 30.3 Å². The van der Waals surface area contributed by atoms with E-state index in [0.717, 1.165) is 19.6 Å². The van der Waals surface area contributed by atoms with Crippen molar-refractivity contribution in [2.75, 3.05) is 19.6 Å². The van der Waals surface area contributed by atoms with E-state index in [4.69, 9.17) is 10.5 Å². The summed E-state index contributed by atoms with van der Waals surface area (Å²) in [5, 5.41) is 0. The van der Waals surface area contributed by atoms with E-state index in [0.29, 0.717) is 5.92 Å². The third-order valence-corrected chi connectivity index (χ3v) is 4.11. The molecule has 1 aromatic rings. The van der Waals surface area contributed by atoms with E-state index in [1.165, 1.54) is 5.56 Å². The molecule has 1 aromatic carbocycles. The molecule has 2 unspecified atom stereocenters. The highest BCUT2D eigenvalue weighted by Crippen LogP contribution is 2.29. The van der Waals surface area contributed by atoms with Gasteiger partial charge in [0.15, 0.2) is 0 Å². The van der Waals surface area contributed by atoms with Gasteiger partial charge in [-0.2, -0.15) is 0 Å². The second-order valence-electron chi connectivity index (χ2n) is 7.70. The average molecular weight is 290 g/mol. The Morgan fingerprint density at radius 3 is 2.14 bits per heavy atom. The van der Waals surface area contributed by atoms with Gasteiger partial charge in [0.2, 0.25) is 0 Å². The lowest BCUT2D eigenvalue weighted by Crippen LogP contribution is -2.58. The van der Waals surface area contributed by atoms with Crippen LogP contribution in [0.1, 0.15) is 46.2 Å². The molecule has 1 aliphatic rings. The molecule has 0 amide bonds. The number of hydrogen-bond donors (Lipinski definition) is 1. The molecule has 1 fully saturated rings. The van der Waals surface area contributed by atoms with Gasteiger partial charge in [0.05, 0.1) is 11.2 Å². The van der Waals surface area contributed by atoms with Gasteiger partial charge < -0.3 is 10.5 Å². The Morgan fingerprint density at radius 1 is 1.10 bits per heavy atom. The first kappa shape index (κ1) is 16.5. The fraction of sp³-hybridized carbons (Fsp3) is 0.667. The average Bonchev–Trinajstić information content (AvgIpc) is 2.35. The Kier molecular flexibility index (Phi) is 4.76. The maximum absolute atomic E-state index is 6.43. The van der Waals surface area contributed by atoms with Gasteiger partial charge in [-0.1, -0.05) is 37.3 Å². The second-order valence-corrected chi connectivity index (χ2v) is 7.70. The molecule has 1 aliphatic heterocycles. The summed E-state index contributed by atoms with van der Waals surface area (Å²) < 4.78 is 6.15. The number of nitrogens with zero attached hydrogens (tertiary/aromatic N) is 1. The molecule has 0 saturated carbocycles. The lowest BCUT2D eigenvalue weighted by Gasteiger charge is -2.48. The lowest BCUT2D eigenvalue weighted by atomic mass is 9.92. The molecular weight excluding hydrogens is 260 g/mol. The molecule has 0 bridgehead atoms. The predicted molar refractivity (Wildman–Crippen MR) is 88.2 cm³/mol. The fourth-order valence-corrected chi connectivity index (χ4v) is 3.60. The standard InChI is InChI=1S/C18H30N2O/c1-14(16(19)15-9-7-6-8-10-15)11-20-12-17(2,3)21-18(4,5)13-20/h6-10,14,16H,11-13,19H2,1-5H3. The van der Waals surface area contributed by atoms with Crippen molar-refractivity contribution in [1.29, 1.82) is 0 Å². The Bertz CT molecular complexity index is 440. The Morgan fingerprint density at radius 2 is 1.62 bits per heavy atom. The van der Waals surface area contributed by atoms with Gasteiger partial charge in [0, 0.05) is 25.7 Å². The molecular formula is C18H30N2O. The molecule has 21 heavy (non-hydrogen) atoms.